The molecule has 0 aliphatic carbocycles. The van der Waals surface area contributed by atoms with E-state index < -0.39 is 0 Å². The number of nitrogens with one attached hydrogen (secondary N) is 1. The molecule has 19 heavy (non-hydrogen) atoms. The zero-order valence-electron chi connectivity index (χ0n) is 11.8. The van der Waals surface area contributed by atoms with Gasteiger partial charge in [0.25, 0.3) is 0 Å². The van der Waals surface area contributed by atoms with E-state index in [-0.39, 0.29) is 17.2 Å². The first-order valence-electron chi connectivity index (χ1n) is 6.59. The number of carbonyl (C=O) groups excluding carboxylic acids is 1. The summed E-state index contributed by atoms with van der Waals surface area (Å²) in [6.45, 7) is 8.24. The van der Waals surface area contributed by atoms with Crippen molar-refractivity contribution in [2.75, 3.05) is 0 Å². The number of hydrogen-bond acceptors (Lipinski definition) is 3. The molecule has 4 heteroatoms. The summed E-state index contributed by atoms with van der Waals surface area (Å²) >= 11 is 1.54. The van der Waals surface area contributed by atoms with Gasteiger partial charge in [0, 0.05) is 0 Å². The van der Waals surface area contributed by atoms with Crippen LogP contribution in [-0.2, 0) is 4.79 Å². The van der Waals surface area contributed by atoms with Gasteiger partial charge < -0.3 is 5.32 Å². The third kappa shape index (κ3) is 3.38. The maximum atomic E-state index is 11.8. The molecule has 1 aliphatic rings. The minimum Gasteiger partial charge on any atom is -0.304 e. The number of thioether (sulfide) groups is 1. The van der Waals surface area contributed by atoms with Gasteiger partial charge in [-0.25, -0.2) is 0 Å². The fraction of sp³-hybridized carbons (Fsp3) is 0.467. The van der Waals surface area contributed by atoms with Crippen molar-refractivity contribution >= 4 is 22.8 Å². The molecule has 0 saturated carbocycles. The van der Waals surface area contributed by atoms with Crippen LogP contribution in [0.3, 0.4) is 0 Å². The summed E-state index contributed by atoms with van der Waals surface area (Å²) in [4.78, 5) is 16.4. The molecule has 1 saturated heterocycles. The van der Waals surface area contributed by atoms with Gasteiger partial charge in [0.05, 0.1) is 11.3 Å². The molecule has 0 spiro atoms. The number of amides is 1. The number of nitrogens with zero attached hydrogens (tertiary/aromatic N) is 1. The van der Waals surface area contributed by atoms with Crippen LogP contribution >= 0.6 is 11.8 Å². The molecule has 0 bridgehead atoms. The van der Waals surface area contributed by atoms with Crippen molar-refractivity contribution in [3.8, 4) is 0 Å². The lowest BCUT2D eigenvalue weighted by Gasteiger charge is -2.09. The average molecular weight is 276 g/mol. The number of amidine groups is 1. The highest BCUT2D eigenvalue weighted by atomic mass is 32.2. The number of carbonyl (C=O) groups is 1. The highest BCUT2D eigenvalue weighted by molar-refractivity contribution is 8.15. The van der Waals surface area contributed by atoms with E-state index in [9.17, 15) is 4.79 Å². The van der Waals surface area contributed by atoms with Crippen molar-refractivity contribution in [2.24, 2.45) is 10.9 Å². The van der Waals surface area contributed by atoms with Crippen molar-refractivity contribution in [1.29, 1.82) is 0 Å². The van der Waals surface area contributed by atoms with Crippen LogP contribution in [0, 0.1) is 12.8 Å². The monoisotopic (exact) mass is 276 g/mol. The van der Waals surface area contributed by atoms with E-state index in [1.165, 1.54) is 11.1 Å². The number of benzene rings is 1. The Labute approximate surface area is 118 Å². The first-order valence-corrected chi connectivity index (χ1v) is 7.47. The highest BCUT2D eigenvalue weighted by Crippen LogP contribution is 2.28. The Morgan fingerprint density at radius 1 is 1.21 bits per heavy atom. The molecule has 1 amide bonds. The summed E-state index contributed by atoms with van der Waals surface area (Å²) in [5.41, 5.74) is 2.41. The maximum absolute atomic E-state index is 11.8. The summed E-state index contributed by atoms with van der Waals surface area (Å²) in [6.07, 6.45) is 0. The van der Waals surface area contributed by atoms with Crippen molar-refractivity contribution in [2.45, 2.75) is 39.0 Å². The molecular weight excluding hydrogens is 256 g/mol. The number of rotatable bonds is 3. The molecule has 1 aromatic rings. The lowest BCUT2D eigenvalue weighted by atomic mass is 10.1. The van der Waals surface area contributed by atoms with Gasteiger partial charge in [-0.2, -0.15) is 0 Å². The zero-order chi connectivity index (χ0) is 14.0. The van der Waals surface area contributed by atoms with E-state index in [1.54, 1.807) is 11.8 Å². The maximum Gasteiger partial charge on any atom is 0.239 e. The smallest absolute Gasteiger partial charge is 0.239 e. The van der Waals surface area contributed by atoms with Gasteiger partial charge in [-0.3, -0.25) is 9.79 Å². The molecule has 0 unspecified atom stereocenters. The van der Waals surface area contributed by atoms with Crippen LogP contribution in [0.4, 0.5) is 0 Å². The van der Waals surface area contributed by atoms with E-state index in [2.05, 4.69) is 55.3 Å². The zero-order valence-corrected chi connectivity index (χ0v) is 12.6. The van der Waals surface area contributed by atoms with E-state index >= 15 is 0 Å². The van der Waals surface area contributed by atoms with Crippen molar-refractivity contribution < 1.29 is 4.79 Å². The fourth-order valence-electron chi connectivity index (χ4n) is 1.98. The van der Waals surface area contributed by atoms with Crippen LogP contribution in [-0.4, -0.2) is 16.3 Å². The van der Waals surface area contributed by atoms with Crippen molar-refractivity contribution in [3.63, 3.8) is 0 Å². The lowest BCUT2D eigenvalue weighted by Crippen LogP contribution is -2.27. The van der Waals surface area contributed by atoms with Crippen molar-refractivity contribution in [1.82, 2.24) is 5.32 Å². The standard InChI is InChI=1S/C15H20N2OS/c1-9(2)13-14(18)17-15(19-13)16-11(4)12-7-5-10(3)6-8-12/h5-9,11,13H,1-4H3,(H,16,17,18)/t11-,13-/m1/s1. The van der Waals surface area contributed by atoms with Gasteiger partial charge in [-0.1, -0.05) is 55.4 Å². The van der Waals surface area contributed by atoms with Gasteiger partial charge in [0.2, 0.25) is 5.91 Å². The summed E-state index contributed by atoms with van der Waals surface area (Å²) in [5.74, 6) is 0.405. The fourth-order valence-corrected chi connectivity index (χ4v) is 3.03. The summed E-state index contributed by atoms with van der Waals surface area (Å²) < 4.78 is 0. The van der Waals surface area contributed by atoms with Crippen LogP contribution in [0.5, 0.6) is 0 Å². The summed E-state index contributed by atoms with van der Waals surface area (Å²) in [6, 6.07) is 8.41. The Hall–Kier alpha value is -1.29. The van der Waals surface area contributed by atoms with Crippen LogP contribution in [0.15, 0.2) is 29.3 Å². The normalized spacial score (nSPS) is 22.9. The molecular formula is C15H20N2OS. The van der Waals surface area contributed by atoms with E-state index in [4.69, 9.17) is 0 Å². The van der Waals surface area contributed by atoms with Crippen LogP contribution in [0.2, 0.25) is 0 Å². The number of hydrogen-bond donors (Lipinski definition) is 1. The lowest BCUT2D eigenvalue weighted by molar-refractivity contribution is -0.119. The van der Waals surface area contributed by atoms with Crippen LogP contribution in [0.25, 0.3) is 0 Å². The first kappa shape index (κ1) is 14.1. The molecule has 1 heterocycles. The SMILES string of the molecule is Cc1ccc([C@@H](C)N=C2NC(=O)[C@@H](C(C)C)S2)cc1. The van der Waals surface area contributed by atoms with E-state index in [0.717, 1.165) is 5.17 Å². The third-order valence-corrected chi connectivity index (χ3v) is 4.65. The van der Waals surface area contributed by atoms with Crippen LogP contribution < -0.4 is 5.32 Å². The van der Waals surface area contributed by atoms with Crippen LogP contribution in [0.1, 0.15) is 37.9 Å². The predicted octanol–water partition coefficient (Wildman–Crippen LogP) is 3.30. The molecule has 1 N–H and O–H groups in total. The summed E-state index contributed by atoms with van der Waals surface area (Å²) in [5, 5.41) is 3.61. The van der Waals surface area contributed by atoms with Gasteiger partial charge in [0.15, 0.2) is 5.17 Å². The predicted molar refractivity (Wildman–Crippen MR) is 81.4 cm³/mol. The third-order valence-electron chi connectivity index (χ3n) is 3.20. The largest absolute Gasteiger partial charge is 0.304 e. The quantitative estimate of drug-likeness (QED) is 0.920. The molecule has 1 fully saturated rings. The van der Waals surface area contributed by atoms with Gasteiger partial charge in [-0.05, 0) is 25.3 Å². The minimum atomic E-state index is -0.0102. The van der Waals surface area contributed by atoms with Gasteiger partial charge in [0.1, 0.15) is 0 Å². The van der Waals surface area contributed by atoms with Gasteiger partial charge >= 0.3 is 0 Å². The molecule has 2 atom stereocenters. The number of aryl methyl sites for hydroxylation is 1. The summed E-state index contributed by atoms with van der Waals surface area (Å²) in [7, 11) is 0. The Morgan fingerprint density at radius 2 is 1.84 bits per heavy atom. The topological polar surface area (TPSA) is 41.5 Å². The Morgan fingerprint density at radius 3 is 2.37 bits per heavy atom. The van der Waals surface area contributed by atoms with Gasteiger partial charge in [-0.15, -0.1) is 0 Å². The number of aliphatic imine (C=N–C) groups is 1. The van der Waals surface area contributed by atoms with Crippen molar-refractivity contribution in [3.05, 3.63) is 35.4 Å². The second-order valence-corrected chi connectivity index (χ2v) is 6.42. The first-order chi connectivity index (χ1) is 8.97. The Kier molecular flexibility index (Phi) is 4.30. The molecule has 0 radical (unpaired) electrons. The Balaban J connectivity index is 2.10. The molecule has 2 rings (SSSR count). The Bertz CT molecular complexity index is 493. The molecule has 0 aromatic heterocycles. The second-order valence-electron chi connectivity index (χ2n) is 5.29. The molecule has 102 valence electrons. The molecule has 1 aliphatic heterocycles. The average Bonchev–Trinajstić information content (AvgIpc) is 2.71. The minimum absolute atomic E-state index is 0.0102. The molecule has 3 nitrogen and oxygen atoms in total. The highest BCUT2D eigenvalue weighted by Gasteiger charge is 2.32. The van der Waals surface area contributed by atoms with E-state index in [0.29, 0.717) is 5.92 Å². The molecule has 1 aromatic carbocycles. The van der Waals surface area contributed by atoms with E-state index in [1.807, 2.05) is 6.92 Å². The second kappa shape index (κ2) is 5.78.